The van der Waals surface area contributed by atoms with Crippen LogP contribution in [0.15, 0.2) is 24.3 Å². The molecule has 1 aliphatic rings. The Balaban J connectivity index is 1.89. The van der Waals surface area contributed by atoms with Crippen LogP contribution < -0.4 is 4.74 Å². The topological polar surface area (TPSA) is 59.1 Å². The van der Waals surface area contributed by atoms with Gasteiger partial charge in [-0.2, -0.15) is 0 Å². The molecule has 0 bridgehead atoms. The van der Waals surface area contributed by atoms with Crippen LogP contribution >= 0.6 is 0 Å². The average molecular weight is 348 g/mol. The van der Waals surface area contributed by atoms with E-state index in [0.29, 0.717) is 26.2 Å². The molecule has 0 saturated carbocycles. The van der Waals surface area contributed by atoms with Gasteiger partial charge in [-0.25, -0.2) is 0 Å². The molecule has 0 aromatic heterocycles. The highest BCUT2D eigenvalue weighted by Gasteiger charge is 2.28. The van der Waals surface area contributed by atoms with Crippen LogP contribution in [0.2, 0.25) is 0 Å². The summed E-state index contributed by atoms with van der Waals surface area (Å²) in [7, 11) is 3.42. The molecule has 1 saturated heterocycles. The van der Waals surface area contributed by atoms with Crippen LogP contribution in [-0.4, -0.2) is 62.1 Å². The molecule has 0 aliphatic carbocycles. The molecule has 0 radical (unpaired) electrons. The molecule has 25 heavy (non-hydrogen) atoms. The molecule has 1 aliphatic heterocycles. The number of nitrogens with zero attached hydrogens (tertiary/aromatic N) is 2. The van der Waals surface area contributed by atoms with Crippen molar-refractivity contribution < 1.29 is 19.1 Å². The van der Waals surface area contributed by atoms with Crippen LogP contribution in [0.4, 0.5) is 0 Å². The van der Waals surface area contributed by atoms with E-state index in [4.69, 9.17) is 9.47 Å². The number of rotatable bonds is 7. The first-order chi connectivity index (χ1) is 12.0. The van der Waals surface area contributed by atoms with E-state index in [1.165, 1.54) is 0 Å². The third-order valence-corrected chi connectivity index (χ3v) is 4.51. The van der Waals surface area contributed by atoms with Gasteiger partial charge in [0.25, 0.3) is 0 Å². The lowest BCUT2D eigenvalue weighted by Crippen LogP contribution is -2.44. The summed E-state index contributed by atoms with van der Waals surface area (Å²) in [5, 5.41) is 0. The minimum Gasteiger partial charge on any atom is -0.496 e. The quantitative estimate of drug-likeness (QED) is 0.705. The number of benzene rings is 1. The molecule has 1 atom stereocenters. The predicted molar refractivity (Wildman–Crippen MR) is 95.3 cm³/mol. The van der Waals surface area contributed by atoms with Gasteiger partial charge in [0.05, 0.1) is 26.2 Å². The number of carbonyl (C=O) groups excluding carboxylic acids is 2. The third kappa shape index (κ3) is 5.46. The average Bonchev–Trinajstić information content (AvgIpc) is 2.62. The number of esters is 1. The van der Waals surface area contributed by atoms with Gasteiger partial charge in [-0.3, -0.25) is 14.5 Å². The molecule has 1 aromatic carbocycles. The summed E-state index contributed by atoms with van der Waals surface area (Å²) in [6.45, 7) is 4.46. The largest absolute Gasteiger partial charge is 0.496 e. The number of ether oxygens (including phenoxy) is 2. The van der Waals surface area contributed by atoms with E-state index in [-0.39, 0.29) is 17.8 Å². The number of methoxy groups -OCH3 is 1. The molecular formula is C19H28N2O4. The maximum atomic E-state index is 12.5. The number of likely N-dealkylation sites (tertiary alicyclic amines) is 1. The summed E-state index contributed by atoms with van der Waals surface area (Å²) in [5.74, 6) is 0.543. The van der Waals surface area contributed by atoms with Crippen molar-refractivity contribution in [2.45, 2.75) is 26.3 Å². The van der Waals surface area contributed by atoms with E-state index in [0.717, 1.165) is 30.7 Å². The number of likely N-dealkylation sites (N-methyl/N-ethyl adjacent to an activating group) is 1. The van der Waals surface area contributed by atoms with Crippen molar-refractivity contribution in [1.29, 1.82) is 0 Å². The molecule has 1 amide bonds. The maximum Gasteiger partial charge on any atom is 0.310 e. The third-order valence-electron chi connectivity index (χ3n) is 4.51. The fourth-order valence-corrected chi connectivity index (χ4v) is 3.14. The van der Waals surface area contributed by atoms with E-state index in [2.05, 4.69) is 0 Å². The Bertz CT molecular complexity index is 591. The van der Waals surface area contributed by atoms with Crippen LogP contribution in [0.5, 0.6) is 5.75 Å². The van der Waals surface area contributed by atoms with Gasteiger partial charge >= 0.3 is 5.97 Å². The van der Waals surface area contributed by atoms with Crippen LogP contribution in [0.3, 0.4) is 0 Å². The summed E-state index contributed by atoms with van der Waals surface area (Å²) in [6.07, 6.45) is 1.74. The highest BCUT2D eigenvalue weighted by atomic mass is 16.5. The number of hydrogen-bond donors (Lipinski definition) is 0. The fourth-order valence-electron chi connectivity index (χ4n) is 3.14. The van der Waals surface area contributed by atoms with E-state index in [9.17, 15) is 9.59 Å². The molecule has 0 N–H and O–H groups in total. The normalized spacial score (nSPS) is 17.8. The van der Waals surface area contributed by atoms with Crippen LogP contribution in [0.1, 0.15) is 25.3 Å². The van der Waals surface area contributed by atoms with Gasteiger partial charge in [-0.05, 0) is 32.4 Å². The first kappa shape index (κ1) is 19.2. The smallest absolute Gasteiger partial charge is 0.310 e. The second-order valence-electron chi connectivity index (χ2n) is 6.39. The van der Waals surface area contributed by atoms with E-state index in [1.807, 2.05) is 36.1 Å². The van der Waals surface area contributed by atoms with Crippen molar-refractivity contribution in [3.8, 4) is 5.75 Å². The van der Waals surface area contributed by atoms with Crippen molar-refractivity contribution >= 4 is 11.9 Å². The Hall–Kier alpha value is -2.08. The Labute approximate surface area is 149 Å². The van der Waals surface area contributed by atoms with Crippen LogP contribution in [-0.2, 0) is 20.9 Å². The summed E-state index contributed by atoms with van der Waals surface area (Å²) < 4.78 is 10.5. The van der Waals surface area contributed by atoms with Gasteiger partial charge in [0.2, 0.25) is 5.91 Å². The number of carbonyl (C=O) groups is 2. The highest BCUT2D eigenvalue weighted by molar-refractivity contribution is 5.78. The predicted octanol–water partition coefficient (Wildman–Crippen LogP) is 1.93. The van der Waals surface area contributed by atoms with Gasteiger partial charge in [0, 0.05) is 25.7 Å². The SMILES string of the molecule is CCOC(=O)C1CCCN(CC(=O)N(C)Cc2ccccc2OC)C1. The van der Waals surface area contributed by atoms with Gasteiger partial charge in [-0.1, -0.05) is 18.2 Å². The minimum atomic E-state index is -0.151. The summed E-state index contributed by atoms with van der Waals surface area (Å²) >= 11 is 0. The zero-order chi connectivity index (χ0) is 18.2. The van der Waals surface area contributed by atoms with E-state index >= 15 is 0 Å². The highest BCUT2D eigenvalue weighted by Crippen LogP contribution is 2.20. The van der Waals surface area contributed by atoms with Gasteiger partial charge in [-0.15, -0.1) is 0 Å². The molecule has 138 valence electrons. The monoisotopic (exact) mass is 348 g/mol. The summed E-state index contributed by atoms with van der Waals surface area (Å²) in [5.41, 5.74) is 0.976. The Morgan fingerprint density at radius 1 is 1.32 bits per heavy atom. The van der Waals surface area contributed by atoms with Crippen molar-refractivity contribution in [2.24, 2.45) is 5.92 Å². The molecular weight excluding hydrogens is 320 g/mol. The standard InChI is InChI=1S/C19H28N2O4/c1-4-25-19(23)16-9-7-11-21(13-16)14-18(22)20(2)12-15-8-5-6-10-17(15)24-3/h5-6,8,10,16H,4,7,9,11-14H2,1-3H3. The molecule has 2 rings (SSSR count). The number of para-hydroxylation sites is 1. The summed E-state index contributed by atoms with van der Waals surface area (Å²) in [6, 6.07) is 7.70. The van der Waals surface area contributed by atoms with Crippen LogP contribution in [0, 0.1) is 5.92 Å². The van der Waals surface area contributed by atoms with Gasteiger partial charge in [0.15, 0.2) is 0 Å². The van der Waals surface area contributed by atoms with E-state index in [1.54, 1.807) is 19.1 Å². The fraction of sp³-hybridized carbons (Fsp3) is 0.579. The Morgan fingerprint density at radius 2 is 2.08 bits per heavy atom. The van der Waals surface area contributed by atoms with E-state index < -0.39 is 0 Å². The molecule has 0 spiro atoms. The Morgan fingerprint density at radius 3 is 2.80 bits per heavy atom. The first-order valence-electron chi connectivity index (χ1n) is 8.80. The Kier molecular flexibility index (Phi) is 7.25. The molecule has 6 heteroatoms. The van der Waals surface area contributed by atoms with Crippen molar-refractivity contribution in [1.82, 2.24) is 9.80 Å². The van der Waals surface area contributed by atoms with Crippen molar-refractivity contribution in [3.05, 3.63) is 29.8 Å². The zero-order valence-electron chi connectivity index (χ0n) is 15.4. The second kappa shape index (κ2) is 9.42. The van der Waals surface area contributed by atoms with Gasteiger partial charge in [0.1, 0.15) is 5.75 Å². The van der Waals surface area contributed by atoms with Gasteiger partial charge < -0.3 is 14.4 Å². The number of amides is 1. The zero-order valence-corrected chi connectivity index (χ0v) is 15.4. The number of piperidine rings is 1. The first-order valence-corrected chi connectivity index (χ1v) is 8.80. The molecule has 1 unspecified atom stereocenters. The molecule has 1 heterocycles. The lowest BCUT2D eigenvalue weighted by molar-refractivity contribution is -0.150. The molecule has 1 fully saturated rings. The second-order valence-corrected chi connectivity index (χ2v) is 6.39. The minimum absolute atomic E-state index is 0.0374. The lowest BCUT2D eigenvalue weighted by Gasteiger charge is -2.32. The molecule has 1 aromatic rings. The lowest BCUT2D eigenvalue weighted by atomic mass is 9.98. The molecule has 6 nitrogen and oxygen atoms in total. The summed E-state index contributed by atoms with van der Waals surface area (Å²) in [4.78, 5) is 28.2. The maximum absolute atomic E-state index is 12.5. The van der Waals surface area contributed by atoms with Crippen molar-refractivity contribution in [3.63, 3.8) is 0 Å². The number of hydrogen-bond acceptors (Lipinski definition) is 5. The van der Waals surface area contributed by atoms with Crippen LogP contribution in [0.25, 0.3) is 0 Å². The van der Waals surface area contributed by atoms with Crippen molar-refractivity contribution in [2.75, 3.05) is 40.4 Å².